The molecule has 0 bridgehead atoms. The van der Waals surface area contributed by atoms with Crippen LogP contribution in [-0.4, -0.2) is 25.0 Å². The smallest absolute Gasteiger partial charge is 0.374 e. The number of nitrogens with one attached hydrogen (secondary N) is 1. The molecule has 1 saturated heterocycles. The number of oxime groups is 1. The Balaban J connectivity index is 0.00000240. The first-order valence-electron chi connectivity index (χ1n) is 8.49. The van der Waals surface area contributed by atoms with Gasteiger partial charge in [0.25, 0.3) is 5.60 Å². The van der Waals surface area contributed by atoms with Crippen LogP contribution >= 0.6 is 47.2 Å². The number of benzene rings is 2. The van der Waals surface area contributed by atoms with Crippen LogP contribution in [0.25, 0.3) is 0 Å². The second-order valence-corrected chi connectivity index (χ2v) is 8.05. The van der Waals surface area contributed by atoms with Gasteiger partial charge in [-0.1, -0.05) is 64.2 Å². The molecule has 0 spiro atoms. The molecule has 2 aromatic rings. The van der Waals surface area contributed by atoms with Crippen LogP contribution < -0.4 is 5.32 Å². The fourth-order valence-corrected chi connectivity index (χ4v) is 3.92. The number of nitrogens with zero attached hydrogens (tertiary/aromatic N) is 1. The van der Waals surface area contributed by atoms with Gasteiger partial charge in [-0.25, -0.2) is 0 Å². The minimum atomic E-state index is -4.74. The highest BCUT2D eigenvalue weighted by Crippen LogP contribution is 2.50. The number of rotatable bonds is 3. The first-order valence-corrected chi connectivity index (χ1v) is 9.62. The number of hydrogen-bond donors (Lipinski definition) is 1. The molecule has 0 saturated carbocycles. The van der Waals surface area contributed by atoms with E-state index in [1.54, 1.807) is 12.1 Å². The first-order chi connectivity index (χ1) is 13.2. The molecule has 3 nitrogen and oxygen atoms in total. The van der Waals surface area contributed by atoms with Gasteiger partial charge in [0.15, 0.2) is 0 Å². The van der Waals surface area contributed by atoms with Crippen molar-refractivity contribution < 1.29 is 18.0 Å². The van der Waals surface area contributed by atoms with Crippen molar-refractivity contribution in [3.63, 3.8) is 0 Å². The van der Waals surface area contributed by atoms with Gasteiger partial charge < -0.3 is 10.2 Å². The fraction of sp³-hybridized carbons (Fsp3) is 0.316. The second kappa shape index (κ2) is 8.16. The number of halogens is 7. The van der Waals surface area contributed by atoms with Crippen LogP contribution in [0.5, 0.6) is 0 Å². The van der Waals surface area contributed by atoms with Crippen molar-refractivity contribution in [3.05, 3.63) is 68.2 Å². The van der Waals surface area contributed by atoms with Gasteiger partial charge in [-0.3, -0.25) is 0 Å². The summed E-state index contributed by atoms with van der Waals surface area (Å²) in [6.07, 6.45) is -5.23. The van der Waals surface area contributed by atoms with Crippen LogP contribution in [0.3, 0.4) is 0 Å². The van der Waals surface area contributed by atoms with E-state index in [4.69, 9.17) is 39.6 Å². The molecule has 2 heterocycles. The molecule has 2 aromatic carbocycles. The van der Waals surface area contributed by atoms with Crippen LogP contribution in [0, 0.1) is 0 Å². The van der Waals surface area contributed by atoms with Crippen molar-refractivity contribution in [2.75, 3.05) is 13.1 Å². The fourth-order valence-electron chi connectivity index (χ4n) is 3.32. The molecule has 2 aliphatic heterocycles. The van der Waals surface area contributed by atoms with Crippen LogP contribution in [0.1, 0.15) is 29.0 Å². The lowest BCUT2D eigenvalue weighted by Crippen LogP contribution is -2.42. The van der Waals surface area contributed by atoms with Gasteiger partial charge in [-0.15, -0.1) is 12.4 Å². The summed E-state index contributed by atoms with van der Waals surface area (Å²) in [5.41, 5.74) is -0.988. The lowest BCUT2D eigenvalue weighted by atomic mass is 9.86. The topological polar surface area (TPSA) is 33.6 Å². The summed E-state index contributed by atoms with van der Waals surface area (Å²) in [5, 5.41) is 6.78. The molecular formula is C19H15Cl4F3N2O. The van der Waals surface area contributed by atoms with Crippen LogP contribution in [-0.2, 0) is 10.4 Å². The SMILES string of the molecule is Cl.FC(F)(F)C1(c2cc(Cl)c(Cl)c(Cl)c2)CC(c2ccc(C3CNC3)cc2)=NO1. The Bertz CT molecular complexity index is 922. The Morgan fingerprint density at radius 1 is 1.03 bits per heavy atom. The van der Waals surface area contributed by atoms with Crippen molar-refractivity contribution in [3.8, 4) is 0 Å². The van der Waals surface area contributed by atoms with E-state index in [9.17, 15) is 13.2 Å². The molecular weight excluding hydrogens is 471 g/mol. The lowest BCUT2D eigenvalue weighted by molar-refractivity contribution is -0.275. The molecule has 1 N–H and O–H groups in total. The third-order valence-electron chi connectivity index (χ3n) is 5.13. The third-order valence-corrected chi connectivity index (χ3v) is 6.33. The summed E-state index contributed by atoms with van der Waals surface area (Å²) in [6.45, 7) is 1.80. The zero-order chi connectivity index (χ0) is 20.1. The highest BCUT2D eigenvalue weighted by molar-refractivity contribution is 6.48. The summed E-state index contributed by atoms with van der Waals surface area (Å²) < 4.78 is 42.2. The monoisotopic (exact) mass is 484 g/mol. The van der Waals surface area contributed by atoms with Crippen LogP contribution in [0.4, 0.5) is 13.2 Å². The minimum Gasteiger partial charge on any atom is -0.374 e. The molecule has 4 rings (SSSR count). The van der Waals surface area contributed by atoms with Crippen molar-refractivity contribution >= 4 is 52.9 Å². The van der Waals surface area contributed by atoms with Gasteiger partial charge in [-0.2, -0.15) is 13.2 Å². The zero-order valence-corrected chi connectivity index (χ0v) is 17.8. The average Bonchev–Trinajstić information content (AvgIpc) is 3.05. The molecule has 29 heavy (non-hydrogen) atoms. The van der Waals surface area contributed by atoms with E-state index in [1.165, 1.54) is 0 Å². The molecule has 0 aliphatic carbocycles. The maximum atomic E-state index is 14.1. The van der Waals surface area contributed by atoms with E-state index in [0.29, 0.717) is 11.5 Å². The summed E-state index contributed by atoms with van der Waals surface area (Å²) in [4.78, 5) is 5.01. The minimum absolute atomic E-state index is 0. The molecule has 2 aliphatic rings. The largest absolute Gasteiger partial charge is 0.435 e. The van der Waals surface area contributed by atoms with E-state index in [-0.39, 0.29) is 38.8 Å². The second-order valence-electron chi connectivity index (χ2n) is 6.86. The summed E-state index contributed by atoms with van der Waals surface area (Å²) in [7, 11) is 0. The van der Waals surface area contributed by atoms with E-state index in [0.717, 1.165) is 30.8 Å². The Labute approximate surface area is 186 Å². The van der Waals surface area contributed by atoms with Crippen molar-refractivity contribution in [2.45, 2.75) is 24.1 Å². The number of hydrogen-bond acceptors (Lipinski definition) is 3. The standard InChI is InChI=1S/C19H14Cl3F3N2O.ClH/c20-14-5-13(6-15(21)17(14)22)18(19(23,24)25)7-16(27-28-18)11-3-1-10(2-4-11)12-8-26-9-12;/h1-6,12,26H,7-9H2;1H. The molecule has 1 unspecified atom stereocenters. The van der Waals surface area contributed by atoms with Gasteiger partial charge in [0.1, 0.15) is 0 Å². The summed E-state index contributed by atoms with van der Waals surface area (Å²) in [6, 6.07) is 9.59. The third kappa shape index (κ3) is 3.93. The average molecular weight is 486 g/mol. The van der Waals surface area contributed by atoms with Crippen molar-refractivity contribution in [2.24, 2.45) is 5.16 Å². The summed E-state index contributed by atoms with van der Waals surface area (Å²) >= 11 is 17.8. The van der Waals surface area contributed by atoms with E-state index >= 15 is 0 Å². The molecule has 0 aromatic heterocycles. The quantitative estimate of drug-likeness (QED) is 0.515. The molecule has 156 valence electrons. The maximum Gasteiger partial charge on any atom is 0.435 e. The molecule has 0 radical (unpaired) electrons. The lowest BCUT2D eigenvalue weighted by Gasteiger charge is -2.30. The normalized spacial score (nSPS) is 21.8. The van der Waals surface area contributed by atoms with Gasteiger partial charge in [0.2, 0.25) is 0 Å². The molecule has 1 atom stereocenters. The Kier molecular flexibility index (Phi) is 6.33. The highest BCUT2D eigenvalue weighted by atomic mass is 35.5. The van der Waals surface area contributed by atoms with Gasteiger partial charge in [0.05, 0.1) is 20.8 Å². The number of alkyl halides is 3. The Morgan fingerprint density at radius 3 is 2.10 bits per heavy atom. The van der Waals surface area contributed by atoms with E-state index in [1.807, 2.05) is 12.1 Å². The molecule has 10 heteroatoms. The van der Waals surface area contributed by atoms with Crippen molar-refractivity contribution in [1.29, 1.82) is 0 Å². The molecule has 1 fully saturated rings. The van der Waals surface area contributed by atoms with Crippen molar-refractivity contribution in [1.82, 2.24) is 5.32 Å². The van der Waals surface area contributed by atoms with Gasteiger partial charge in [0, 0.05) is 31.0 Å². The predicted molar refractivity (Wildman–Crippen MR) is 111 cm³/mol. The van der Waals surface area contributed by atoms with E-state index in [2.05, 4.69) is 10.5 Å². The Morgan fingerprint density at radius 2 is 1.62 bits per heavy atom. The van der Waals surface area contributed by atoms with Gasteiger partial charge in [-0.05, 0) is 23.3 Å². The molecule has 0 amide bonds. The van der Waals surface area contributed by atoms with E-state index < -0.39 is 18.2 Å². The predicted octanol–water partition coefficient (Wildman–Crippen LogP) is 6.34. The zero-order valence-electron chi connectivity index (χ0n) is 14.7. The first kappa shape index (κ1) is 22.5. The highest BCUT2D eigenvalue weighted by Gasteiger charge is 2.62. The van der Waals surface area contributed by atoms with Gasteiger partial charge >= 0.3 is 6.18 Å². The maximum absolute atomic E-state index is 14.1. The Hall–Kier alpha value is -1.18. The summed E-state index contributed by atoms with van der Waals surface area (Å²) in [5.74, 6) is 0.434. The van der Waals surface area contributed by atoms with Crippen LogP contribution in [0.2, 0.25) is 15.1 Å². The van der Waals surface area contributed by atoms with Crippen LogP contribution in [0.15, 0.2) is 41.6 Å².